The molecule has 3 rings (SSSR count). The van der Waals surface area contributed by atoms with Gasteiger partial charge in [0.1, 0.15) is 0 Å². The van der Waals surface area contributed by atoms with Crippen molar-refractivity contribution in [2.24, 2.45) is 0 Å². The summed E-state index contributed by atoms with van der Waals surface area (Å²) in [5.74, 6) is 6.29. The first kappa shape index (κ1) is 19.2. The van der Waals surface area contributed by atoms with Gasteiger partial charge in [0.05, 0.1) is 10.9 Å². The van der Waals surface area contributed by atoms with Gasteiger partial charge in [0.15, 0.2) is 6.20 Å². The molecule has 23 heavy (non-hydrogen) atoms. The number of rotatable bonds is 1. The van der Waals surface area contributed by atoms with Crippen LogP contribution in [0.2, 0.25) is 0 Å². The predicted octanol–water partition coefficient (Wildman–Crippen LogP) is -2.93. The van der Waals surface area contributed by atoms with Crippen molar-refractivity contribution in [3.05, 3.63) is 69.8 Å². The van der Waals surface area contributed by atoms with E-state index in [9.17, 15) is 0 Å². The molecule has 0 spiro atoms. The maximum atomic E-state index is 3.30. The number of hydrogen-bond acceptors (Lipinski definition) is 1. The van der Waals surface area contributed by atoms with Crippen LogP contribution in [-0.4, -0.2) is 0 Å². The lowest BCUT2D eigenvalue weighted by molar-refractivity contribution is -0.383. The Morgan fingerprint density at radius 2 is 1.65 bits per heavy atom. The lowest BCUT2D eigenvalue weighted by atomic mass is 10.1. The van der Waals surface area contributed by atoms with Gasteiger partial charge in [-0.15, -0.1) is 0 Å². The molecule has 3 aromatic rings. The monoisotopic (exact) mass is 362 g/mol. The van der Waals surface area contributed by atoms with Crippen LogP contribution in [0.15, 0.2) is 48.0 Å². The summed E-state index contributed by atoms with van der Waals surface area (Å²) in [6.45, 7) is 4.13. The Bertz CT molecular complexity index is 813. The number of aryl methyl sites for hydroxylation is 2. The minimum atomic E-state index is 0. The summed E-state index contributed by atoms with van der Waals surface area (Å²) in [7, 11) is 0. The van der Waals surface area contributed by atoms with E-state index in [0.29, 0.717) is 0 Å². The summed E-state index contributed by atoms with van der Waals surface area (Å²) in [4.78, 5) is 6.53. The third kappa shape index (κ3) is 5.07. The lowest BCUT2D eigenvalue weighted by Gasteiger charge is -1.96. The van der Waals surface area contributed by atoms with Crippen molar-refractivity contribution >= 4 is 11.3 Å². The van der Waals surface area contributed by atoms with Crippen LogP contribution < -0.4 is 34.8 Å². The summed E-state index contributed by atoms with van der Waals surface area (Å²) in [6.07, 6.45) is 1.95. The van der Waals surface area contributed by atoms with Gasteiger partial charge in [-0.25, -0.2) is 4.98 Å². The SMILES string of the molecule is Cc1ccc(-c2ccc(C#Cc3csc(C)[nH+]3)c[nH+]2)cc1.[Cl-].[Cl-]. The van der Waals surface area contributed by atoms with Crippen LogP contribution in [0.1, 0.15) is 21.8 Å². The van der Waals surface area contributed by atoms with E-state index < -0.39 is 0 Å². The molecule has 0 radical (unpaired) electrons. The van der Waals surface area contributed by atoms with Gasteiger partial charge >= 0.3 is 0 Å². The van der Waals surface area contributed by atoms with Crippen LogP contribution in [0.4, 0.5) is 0 Å². The fraction of sp³-hybridized carbons (Fsp3) is 0.111. The number of thiazole rings is 1. The third-order valence-electron chi connectivity index (χ3n) is 3.18. The topological polar surface area (TPSA) is 28.3 Å². The van der Waals surface area contributed by atoms with Crippen LogP contribution in [0.3, 0.4) is 0 Å². The molecule has 0 fully saturated rings. The smallest absolute Gasteiger partial charge is 0.266 e. The Balaban J connectivity index is 0.00000132. The Morgan fingerprint density at radius 3 is 2.22 bits per heavy atom. The maximum absolute atomic E-state index is 3.30. The number of hydrogen-bond donors (Lipinski definition) is 0. The largest absolute Gasteiger partial charge is 1.00 e. The molecule has 0 aliphatic carbocycles. The number of pyridine rings is 1. The molecule has 0 aliphatic rings. The molecule has 1 aromatic carbocycles. The molecule has 0 unspecified atom stereocenters. The molecular formula is C18H16Cl2N2S. The van der Waals surface area contributed by atoms with Crippen molar-refractivity contribution in [1.82, 2.24) is 0 Å². The second kappa shape index (κ2) is 8.69. The first-order chi connectivity index (χ1) is 10.2. The Labute approximate surface area is 152 Å². The van der Waals surface area contributed by atoms with E-state index in [0.717, 1.165) is 17.0 Å². The molecule has 0 saturated carbocycles. The van der Waals surface area contributed by atoms with Crippen LogP contribution in [0.5, 0.6) is 0 Å². The minimum Gasteiger partial charge on any atom is -1.00 e. The number of aromatic amines is 2. The van der Waals surface area contributed by atoms with E-state index in [-0.39, 0.29) is 24.8 Å². The van der Waals surface area contributed by atoms with Gasteiger partial charge in [0.25, 0.3) is 5.69 Å². The van der Waals surface area contributed by atoms with Gasteiger partial charge in [-0.05, 0) is 31.0 Å². The van der Waals surface area contributed by atoms with Crippen molar-refractivity contribution in [2.75, 3.05) is 0 Å². The molecule has 0 amide bonds. The van der Waals surface area contributed by atoms with Crippen molar-refractivity contribution in [2.45, 2.75) is 13.8 Å². The molecule has 2 heterocycles. The Hall–Kier alpha value is -1.86. The van der Waals surface area contributed by atoms with E-state index in [1.807, 2.05) is 24.6 Å². The number of nitrogens with one attached hydrogen (secondary N) is 2. The summed E-state index contributed by atoms with van der Waals surface area (Å²) >= 11 is 1.67. The van der Waals surface area contributed by atoms with E-state index in [4.69, 9.17) is 0 Å². The zero-order valence-corrected chi connectivity index (χ0v) is 15.1. The number of benzene rings is 1. The Kier molecular flexibility index (Phi) is 7.25. The van der Waals surface area contributed by atoms with Crippen molar-refractivity contribution in [3.63, 3.8) is 0 Å². The van der Waals surface area contributed by atoms with Crippen molar-refractivity contribution < 1.29 is 34.8 Å². The molecule has 2 N–H and O–H groups in total. The first-order valence-corrected chi connectivity index (χ1v) is 7.67. The lowest BCUT2D eigenvalue weighted by Crippen LogP contribution is -3.00. The van der Waals surface area contributed by atoms with Gasteiger partial charge in [-0.1, -0.05) is 29.0 Å². The van der Waals surface area contributed by atoms with Crippen molar-refractivity contribution in [3.8, 4) is 23.1 Å². The van der Waals surface area contributed by atoms with E-state index in [1.54, 1.807) is 11.3 Å². The van der Waals surface area contributed by atoms with Gasteiger partial charge in [-0.2, -0.15) is 4.98 Å². The average molecular weight is 363 g/mol. The van der Waals surface area contributed by atoms with Gasteiger partial charge in [0.2, 0.25) is 10.7 Å². The molecule has 5 heteroatoms. The predicted molar refractivity (Wildman–Crippen MR) is 84.8 cm³/mol. The highest BCUT2D eigenvalue weighted by atomic mass is 35.5. The van der Waals surface area contributed by atoms with Gasteiger partial charge in [0, 0.05) is 24.5 Å². The fourth-order valence-electron chi connectivity index (χ4n) is 2.01. The molecule has 2 aromatic heterocycles. The normalized spacial score (nSPS) is 9.13. The fourth-order valence-corrected chi connectivity index (χ4v) is 2.59. The summed E-state index contributed by atoms with van der Waals surface area (Å²) < 4.78 is 0. The number of halogens is 2. The Morgan fingerprint density at radius 1 is 0.913 bits per heavy atom. The van der Waals surface area contributed by atoms with Crippen molar-refractivity contribution in [1.29, 1.82) is 0 Å². The number of H-pyrrole nitrogens is 2. The molecule has 0 saturated heterocycles. The molecule has 0 atom stereocenters. The molecule has 2 nitrogen and oxygen atoms in total. The number of aromatic nitrogens is 2. The van der Waals surface area contributed by atoms with Crippen LogP contribution >= 0.6 is 11.3 Å². The second-order valence-electron chi connectivity index (χ2n) is 4.94. The van der Waals surface area contributed by atoms with Crippen LogP contribution in [-0.2, 0) is 0 Å². The molecule has 118 valence electrons. The minimum absolute atomic E-state index is 0. The van der Waals surface area contributed by atoms with E-state index >= 15 is 0 Å². The zero-order valence-electron chi connectivity index (χ0n) is 12.8. The van der Waals surface area contributed by atoms with E-state index in [1.165, 1.54) is 16.1 Å². The highest BCUT2D eigenvalue weighted by molar-refractivity contribution is 7.09. The average Bonchev–Trinajstić information content (AvgIpc) is 2.92. The molecular weight excluding hydrogens is 347 g/mol. The maximum Gasteiger partial charge on any atom is 0.266 e. The quantitative estimate of drug-likeness (QED) is 0.415. The molecule has 0 bridgehead atoms. The zero-order chi connectivity index (χ0) is 14.7. The standard InChI is InChI=1S/C18H14N2S.2ClH/c1-13-3-7-16(8-4-13)18-10-6-15(11-19-18)5-9-17-12-21-14(2)20-17;;/h3-4,6-8,10-12H,1-2H3;2*1H. The second-order valence-corrected chi connectivity index (χ2v) is 6.02. The summed E-state index contributed by atoms with van der Waals surface area (Å²) in [5, 5.41) is 3.20. The molecule has 0 aliphatic heterocycles. The highest BCUT2D eigenvalue weighted by Crippen LogP contribution is 2.14. The summed E-state index contributed by atoms with van der Waals surface area (Å²) in [6, 6.07) is 12.6. The van der Waals surface area contributed by atoms with Gasteiger partial charge < -0.3 is 24.8 Å². The summed E-state index contributed by atoms with van der Waals surface area (Å²) in [5.41, 5.74) is 5.48. The van der Waals surface area contributed by atoms with Crippen LogP contribution in [0, 0.1) is 25.7 Å². The first-order valence-electron chi connectivity index (χ1n) is 6.79. The third-order valence-corrected chi connectivity index (χ3v) is 3.99. The van der Waals surface area contributed by atoms with Gasteiger partial charge in [-0.3, -0.25) is 0 Å². The highest BCUT2D eigenvalue weighted by Gasteiger charge is 2.05. The van der Waals surface area contributed by atoms with Crippen LogP contribution in [0.25, 0.3) is 11.3 Å². The van der Waals surface area contributed by atoms with E-state index in [2.05, 4.69) is 59.1 Å².